The minimum absolute atomic E-state index is 0.0724. The van der Waals surface area contributed by atoms with Crippen molar-refractivity contribution >= 4 is 20.7 Å². The lowest BCUT2D eigenvalue weighted by Crippen LogP contribution is -2.42. The zero-order valence-corrected chi connectivity index (χ0v) is 13.4. The molecule has 0 saturated heterocycles. The van der Waals surface area contributed by atoms with E-state index < -0.39 is 13.7 Å². The molecule has 7 nitrogen and oxygen atoms in total. The van der Waals surface area contributed by atoms with Gasteiger partial charge in [0.15, 0.2) is 0 Å². The summed E-state index contributed by atoms with van der Waals surface area (Å²) in [6, 6.07) is 6.94. The third kappa shape index (κ3) is 5.35. The molecule has 0 amide bonds. The van der Waals surface area contributed by atoms with Gasteiger partial charge in [0.05, 0.1) is 4.92 Å². The average molecular weight is 312 g/mol. The van der Waals surface area contributed by atoms with Gasteiger partial charge in [-0.15, -0.1) is 0 Å². The van der Waals surface area contributed by atoms with Crippen LogP contribution in [-0.2, 0) is 13.3 Å². The predicted octanol–water partition coefficient (Wildman–Crippen LogP) is 2.28. The smallest absolute Gasteiger partial charge is 0.377 e. The Morgan fingerprint density at radius 1 is 1.19 bits per heavy atom. The minimum atomic E-state index is -2.52. The summed E-state index contributed by atoms with van der Waals surface area (Å²) < 4.78 is 15.9. The van der Waals surface area contributed by atoms with Crippen LogP contribution in [0, 0.1) is 10.1 Å². The fraction of sp³-hybridized carbons (Fsp3) is 0.462. The summed E-state index contributed by atoms with van der Waals surface area (Å²) in [6.45, 7) is 0.613. The van der Waals surface area contributed by atoms with Gasteiger partial charge in [-0.3, -0.25) is 15.1 Å². The summed E-state index contributed by atoms with van der Waals surface area (Å²) in [5.74, 6) is 0. The van der Waals surface area contributed by atoms with Crippen molar-refractivity contribution in [2.75, 3.05) is 27.9 Å². The molecule has 21 heavy (non-hydrogen) atoms. The molecule has 1 aromatic rings. The van der Waals surface area contributed by atoms with E-state index >= 15 is 0 Å². The van der Waals surface area contributed by atoms with Gasteiger partial charge >= 0.3 is 8.80 Å². The lowest BCUT2D eigenvalue weighted by atomic mass is 10.2. The summed E-state index contributed by atoms with van der Waals surface area (Å²) in [7, 11) is 2.23. The van der Waals surface area contributed by atoms with Gasteiger partial charge in [-0.2, -0.15) is 0 Å². The highest BCUT2D eigenvalue weighted by molar-refractivity contribution is 6.60. The molecule has 0 aliphatic rings. The minimum Gasteiger partial charge on any atom is -0.377 e. The third-order valence-electron chi connectivity index (χ3n) is 3.05. The standard InChI is InChI=1S/C13H20N2O5Si/c1-18-21(19-2,20-3)10-4-9-14-11-12-5-7-13(8-6-12)15(16)17/h5-8,11H,4,9-10H2,1-3H3. The summed E-state index contributed by atoms with van der Waals surface area (Å²) in [5, 5.41) is 10.5. The van der Waals surface area contributed by atoms with E-state index in [0.717, 1.165) is 12.0 Å². The van der Waals surface area contributed by atoms with Crippen molar-refractivity contribution in [1.82, 2.24) is 0 Å². The van der Waals surface area contributed by atoms with E-state index in [-0.39, 0.29) is 5.69 Å². The molecular weight excluding hydrogens is 292 g/mol. The number of hydrogen-bond donors (Lipinski definition) is 0. The first-order valence-corrected chi connectivity index (χ1v) is 8.40. The van der Waals surface area contributed by atoms with Gasteiger partial charge in [0.1, 0.15) is 0 Å². The Hall–Kier alpha value is -1.61. The maximum absolute atomic E-state index is 10.5. The number of benzene rings is 1. The van der Waals surface area contributed by atoms with Gasteiger partial charge in [-0.05, 0) is 24.1 Å². The summed E-state index contributed by atoms with van der Waals surface area (Å²) in [4.78, 5) is 14.4. The second-order valence-electron chi connectivity index (χ2n) is 4.28. The van der Waals surface area contributed by atoms with Crippen molar-refractivity contribution in [1.29, 1.82) is 0 Å². The van der Waals surface area contributed by atoms with Crippen LogP contribution >= 0.6 is 0 Å². The van der Waals surface area contributed by atoms with Crippen molar-refractivity contribution in [3.63, 3.8) is 0 Å². The number of non-ortho nitro benzene ring substituents is 1. The van der Waals surface area contributed by atoms with Crippen molar-refractivity contribution in [3.8, 4) is 0 Å². The van der Waals surface area contributed by atoms with E-state index in [2.05, 4.69) is 4.99 Å². The number of rotatable bonds is 9. The third-order valence-corrected chi connectivity index (χ3v) is 5.88. The quantitative estimate of drug-likeness (QED) is 0.230. The van der Waals surface area contributed by atoms with Crippen LogP contribution in [0.4, 0.5) is 5.69 Å². The van der Waals surface area contributed by atoms with Crippen LogP contribution in [0.1, 0.15) is 12.0 Å². The molecule has 1 rings (SSSR count). The predicted molar refractivity (Wildman–Crippen MR) is 81.8 cm³/mol. The molecule has 0 N–H and O–H groups in total. The molecule has 0 aliphatic heterocycles. The highest BCUT2D eigenvalue weighted by Crippen LogP contribution is 2.15. The Bertz CT molecular complexity index is 466. The topological polar surface area (TPSA) is 83.2 Å². The molecule has 0 atom stereocenters. The first-order valence-electron chi connectivity index (χ1n) is 6.46. The van der Waals surface area contributed by atoms with Crippen LogP contribution in [-0.4, -0.2) is 47.8 Å². The van der Waals surface area contributed by atoms with Crippen LogP contribution in [0.25, 0.3) is 0 Å². The zero-order valence-electron chi connectivity index (χ0n) is 12.4. The maximum Gasteiger partial charge on any atom is 0.500 e. The van der Waals surface area contributed by atoms with Gasteiger partial charge in [0.25, 0.3) is 5.69 Å². The van der Waals surface area contributed by atoms with Gasteiger partial charge in [0, 0.05) is 52.3 Å². The molecule has 0 aliphatic carbocycles. The van der Waals surface area contributed by atoms with Gasteiger partial charge < -0.3 is 13.3 Å². The van der Waals surface area contributed by atoms with E-state index in [1.807, 2.05) is 0 Å². The first kappa shape index (κ1) is 17.4. The van der Waals surface area contributed by atoms with E-state index in [0.29, 0.717) is 12.6 Å². The molecule has 0 bridgehead atoms. The highest BCUT2D eigenvalue weighted by atomic mass is 28.4. The van der Waals surface area contributed by atoms with Crippen LogP contribution in [0.15, 0.2) is 29.3 Å². The molecular formula is C13H20N2O5Si. The fourth-order valence-electron chi connectivity index (χ4n) is 1.80. The van der Waals surface area contributed by atoms with Crippen LogP contribution in [0.2, 0.25) is 6.04 Å². The van der Waals surface area contributed by atoms with E-state index in [4.69, 9.17) is 13.3 Å². The van der Waals surface area contributed by atoms with Gasteiger partial charge in [-0.1, -0.05) is 0 Å². The SMILES string of the molecule is CO[Si](CCCN=Cc1ccc([N+](=O)[O-])cc1)(OC)OC. The summed E-state index contributed by atoms with van der Waals surface area (Å²) in [6.07, 6.45) is 2.48. The Kier molecular flexibility index (Phi) is 7.16. The molecule has 0 aromatic heterocycles. The molecule has 0 radical (unpaired) electrons. The molecule has 1 aromatic carbocycles. The fourth-order valence-corrected chi connectivity index (χ4v) is 3.50. The number of aliphatic imine (C=N–C) groups is 1. The van der Waals surface area contributed by atoms with Crippen molar-refractivity contribution in [2.45, 2.75) is 12.5 Å². The van der Waals surface area contributed by atoms with Crippen LogP contribution < -0.4 is 0 Å². The number of hydrogen-bond acceptors (Lipinski definition) is 6. The molecule has 0 unspecified atom stereocenters. The second-order valence-corrected chi connectivity index (χ2v) is 7.37. The average Bonchev–Trinajstić information content (AvgIpc) is 2.52. The summed E-state index contributed by atoms with van der Waals surface area (Å²) >= 11 is 0. The number of nitro groups is 1. The zero-order chi connectivity index (χ0) is 15.7. The molecule has 0 spiro atoms. The normalized spacial score (nSPS) is 12.0. The lowest BCUT2D eigenvalue weighted by molar-refractivity contribution is -0.384. The molecule has 116 valence electrons. The van der Waals surface area contributed by atoms with Crippen LogP contribution in [0.3, 0.4) is 0 Å². The first-order chi connectivity index (χ1) is 10.1. The van der Waals surface area contributed by atoms with Crippen LogP contribution in [0.5, 0.6) is 0 Å². The second kappa shape index (κ2) is 8.62. The number of nitro benzene ring substituents is 1. The number of nitrogens with zero attached hydrogens (tertiary/aromatic N) is 2. The van der Waals surface area contributed by atoms with Crippen molar-refractivity contribution in [2.24, 2.45) is 4.99 Å². The van der Waals surface area contributed by atoms with Crippen molar-refractivity contribution < 1.29 is 18.2 Å². The molecule has 8 heteroatoms. The molecule has 0 fully saturated rings. The van der Waals surface area contributed by atoms with Gasteiger partial charge in [0.2, 0.25) is 0 Å². The lowest BCUT2D eigenvalue weighted by Gasteiger charge is -2.23. The van der Waals surface area contributed by atoms with E-state index in [9.17, 15) is 10.1 Å². The summed E-state index contributed by atoms with van der Waals surface area (Å²) in [5.41, 5.74) is 0.901. The highest BCUT2D eigenvalue weighted by Gasteiger charge is 2.36. The van der Waals surface area contributed by atoms with Crippen molar-refractivity contribution in [3.05, 3.63) is 39.9 Å². The van der Waals surface area contributed by atoms with Gasteiger partial charge in [-0.25, -0.2) is 0 Å². The molecule has 0 saturated carbocycles. The Morgan fingerprint density at radius 2 is 1.76 bits per heavy atom. The maximum atomic E-state index is 10.5. The Morgan fingerprint density at radius 3 is 2.24 bits per heavy atom. The largest absolute Gasteiger partial charge is 0.500 e. The van der Waals surface area contributed by atoms with E-state index in [1.165, 1.54) is 12.1 Å². The Labute approximate surface area is 125 Å². The Balaban J connectivity index is 2.43. The van der Waals surface area contributed by atoms with E-state index in [1.54, 1.807) is 39.7 Å². The molecule has 0 heterocycles. The monoisotopic (exact) mass is 312 g/mol.